The minimum Gasteiger partial charge on any atom is -0.330 e. The number of nitrogens with two attached hydrogens (primary N) is 1. The van der Waals surface area contributed by atoms with Gasteiger partial charge in [-0.05, 0) is 30.7 Å². The van der Waals surface area contributed by atoms with E-state index in [2.05, 4.69) is 38.1 Å². The Balaban J connectivity index is 2.28. The van der Waals surface area contributed by atoms with Crippen LogP contribution in [0, 0.1) is 12.8 Å². The van der Waals surface area contributed by atoms with Crippen molar-refractivity contribution < 1.29 is 0 Å². The standard InChI is InChI=1S/C12H19NS/c1-10-3-5-12(6-4-10)9-14-8-11(2)7-13/h3-6,11H,7-9,13H2,1-2H3. The molecule has 1 aromatic carbocycles. The summed E-state index contributed by atoms with van der Waals surface area (Å²) in [7, 11) is 0. The van der Waals surface area contributed by atoms with Gasteiger partial charge in [0.15, 0.2) is 0 Å². The molecule has 0 aromatic heterocycles. The van der Waals surface area contributed by atoms with Gasteiger partial charge >= 0.3 is 0 Å². The highest BCUT2D eigenvalue weighted by atomic mass is 32.2. The molecule has 1 aromatic rings. The average molecular weight is 209 g/mol. The van der Waals surface area contributed by atoms with Crippen molar-refractivity contribution in [2.75, 3.05) is 12.3 Å². The molecular formula is C12H19NS. The van der Waals surface area contributed by atoms with Gasteiger partial charge in [0.05, 0.1) is 0 Å². The van der Waals surface area contributed by atoms with Crippen LogP contribution in [0.4, 0.5) is 0 Å². The highest BCUT2D eigenvalue weighted by Crippen LogP contribution is 2.15. The first-order valence-electron chi connectivity index (χ1n) is 5.05. The van der Waals surface area contributed by atoms with Crippen molar-refractivity contribution in [3.63, 3.8) is 0 Å². The van der Waals surface area contributed by atoms with Gasteiger partial charge in [0.25, 0.3) is 0 Å². The summed E-state index contributed by atoms with van der Waals surface area (Å²) in [4.78, 5) is 0. The lowest BCUT2D eigenvalue weighted by Crippen LogP contribution is -2.12. The second kappa shape index (κ2) is 6.10. The number of rotatable bonds is 5. The highest BCUT2D eigenvalue weighted by Gasteiger charge is 1.99. The molecule has 1 nitrogen and oxygen atoms in total. The molecule has 78 valence electrons. The first-order chi connectivity index (χ1) is 6.72. The van der Waals surface area contributed by atoms with E-state index in [1.807, 2.05) is 11.8 Å². The van der Waals surface area contributed by atoms with Crippen LogP contribution < -0.4 is 5.73 Å². The first kappa shape index (κ1) is 11.6. The Morgan fingerprint density at radius 2 is 1.93 bits per heavy atom. The van der Waals surface area contributed by atoms with E-state index in [0.717, 1.165) is 18.1 Å². The summed E-state index contributed by atoms with van der Waals surface area (Å²) in [6.45, 7) is 5.11. The van der Waals surface area contributed by atoms with E-state index in [4.69, 9.17) is 5.73 Å². The van der Waals surface area contributed by atoms with E-state index >= 15 is 0 Å². The maximum Gasteiger partial charge on any atom is 0.0184 e. The normalized spacial score (nSPS) is 12.8. The molecule has 1 atom stereocenters. The fourth-order valence-electron chi connectivity index (χ4n) is 1.13. The first-order valence-corrected chi connectivity index (χ1v) is 6.21. The van der Waals surface area contributed by atoms with Crippen LogP contribution in [-0.4, -0.2) is 12.3 Å². The van der Waals surface area contributed by atoms with Crippen LogP contribution in [0.2, 0.25) is 0 Å². The van der Waals surface area contributed by atoms with Crippen molar-refractivity contribution in [1.29, 1.82) is 0 Å². The minimum atomic E-state index is 0.630. The second-order valence-electron chi connectivity index (χ2n) is 3.84. The monoisotopic (exact) mass is 209 g/mol. The van der Waals surface area contributed by atoms with Crippen molar-refractivity contribution in [3.05, 3.63) is 35.4 Å². The predicted molar refractivity (Wildman–Crippen MR) is 65.6 cm³/mol. The van der Waals surface area contributed by atoms with Gasteiger partial charge in [0.1, 0.15) is 0 Å². The fraction of sp³-hybridized carbons (Fsp3) is 0.500. The summed E-state index contributed by atoms with van der Waals surface area (Å²) in [6.07, 6.45) is 0. The van der Waals surface area contributed by atoms with Crippen molar-refractivity contribution >= 4 is 11.8 Å². The number of hydrogen-bond donors (Lipinski definition) is 1. The number of hydrogen-bond acceptors (Lipinski definition) is 2. The fourth-order valence-corrected chi connectivity index (χ4v) is 2.21. The van der Waals surface area contributed by atoms with Gasteiger partial charge in [0, 0.05) is 5.75 Å². The molecule has 1 rings (SSSR count). The molecule has 0 aliphatic heterocycles. The summed E-state index contributed by atoms with van der Waals surface area (Å²) in [5.41, 5.74) is 8.29. The minimum absolute atomic E-state index is 0.630. The lowest BCUT2D eigenvalue weighted by molar-refractivity contribution is 0.675. The largest absolute Gasteiger partial charge is 0.330 e. The third-order valence-electron chi connectivity index (χ3n) is 2.19. The van der Waals surface area contributed by atoms with Crippen LogP contribution in [0.1, 0.15) is 18.1 Å². The summed E-state index contributed by atoms with van der Waals surface area (Å²) in [6, 6.07) is 8.75. The van der Waals surface area contributed by atoms with Gasteiger partial charge in [-0.3, -0.25) is 0 Å². The van der Waals surface area contributed by atoms with E-state index in [1.54, 1.807) is 0 Å². The van der Waals surface area contributed by atoms with E-state index in [1.165, 1.54) is 11.1 Å². The van der Waals surface area contributed by atoms with Gasteiger partial charge in [-0.2, -0.15) is 11.8 Å². The average Bonchev–Trinajstić information content (AvgIpc) is 2.21. The molecule has 2 heteroatoms. The molecule has 0 fully saturated rings. The smallest absolute Gasteiger partial charge is 0.0184 e. The van der Waals surface area contributed by atoms with Crippen LogP contribution in [0.25, 0.3) is 0 Å². The quantitative estimate of drug-likeness (QED) is 0.807. The summed E-state index contributed by atoms with van der Waals surface area (Å²) in [5.74, 6) is 2.89. The molecular weight excluding hydrogens is 190 g/mol. The molecule has 0 saturated heterocycles. The van der Waals surface area contributed by atoms with E-state index in [-0.39, 0.29) is 0 Å². The molecule has 0 saturated carbocycles. The van der Waals surface area contributed by atoms with Crippen LogP contribution in [0.3, 0.4) is 0 Å². The highest BCUT2D eigenvalue weighted by molar-refractivity contribution is 7.98. The molecule has 0 spiro atoms. The molecule has 0 radical (unpaired) electrons. The maximum absolute atomic E-state index is 5.56. The zero-order valence-corrected chi connectivity index (χ0v) is 9.81. The maximum atomic E-state index is 5.56. The lowest BCUT2D eigenvalue weighted by Gasteiger charge is -2.07. The van der Waals surface area contributed by atoms with Crippen molar-refractivity contribution in [2.45, 2.75) is 19.6 Å². The van der Waals surface area contributed by atoms with Gasteiger partial charge in [-0.15, -0.1) is 0 Å². The number of benzene rings is 1. The van der Waals surface area contributed by atoms with Crippen LogP contribution >= 0.6 is 11.8 Å². The van der Waals surface area contributed by atoms with Crippen LogP contribution in [0.5, 0.6) is 0 Å². The lowest BCUT2D eigenvalue weighted by atomic mass is 10.2. The molecule has 0 aliphatic carbocycles. The van der Waals surface area contributed by atoms with Gasteiger partial charge < -0.3 is 5.73 Å². The SMILES string of the molecule is Cc1ccc(CSCC(C)CN)cc1. The third-order valence-corrected chi connectivity index (χ3v) is 3.54. The number of aryl methyl sites for hydroxylation is 1. The Morgan fingerprint density at radius 1 is 1.29 bits per heavy atom. The Bertz CT molecular complexity index is 256. The topological polar surface area (TPSA) is 26.0 Å². The summed E-state index contributed by atoms with van der Waals surface area (Å²) < 4.78 is 0. The molecule has 0 amide bonds. The zero-order valence-electron chi connectivity index (χ0n) is 8.99. The second-order valence-corrected chi connectivity index (χ2v) is 4.87. The Hall–Kier alpha value is -0.470. The predicted octanol–water partition coefficient (Wildman–Crippen LogP) is 2.82. The van der Waals surface area contributed by atoms with E-state index in [0.29, 0.717) is 5.92 Å². The van der Waals surface area contributed by atoms with Gasteiger partial charge in [-0.25, -0.2) is 0 Å². The molecule has 0 heterocycles. The summed E-state index contributed by atoms with van der Waals surface area (Å²) in [5, 5.41) is 0. The van der Waals surface area contributed by atoms with Crippen molar-refractivity contribution in [3.8, 4) is 0 Å². The van der Waals surface area contributed by atoms with Crippen LogP contribution in [0.15, 0.2) is 24.3 Å². The molecule has 0 aliphatic rings. The molecule has 2 N–H and O–H groups in total. The van der Waals surface area contributed by atoms with Crippen molar-refractivity contribution in [1.82, 2.24) is 0 Å². The Labute approximate surface area is 91.1 Å². The zero-order chi connectivity index (χ0) is 10.4. The van der Waals surface area contributed by atoms with E-state index in [9.17, 15) is 0 Å². The van der Waals surface area contributed by atoms with Crippen LogP contribution in [-0.2, 0) is 5.75 Å². The molecule has 1 unspecified atom stereocenters. The third kappa shape index (κ3) is 4.16. The van der Waals surface area contributed by atoms with Gasteiger partial charge in [-0.1, -0.05) is 36.8 Å². The molecule has 0 bridgehead atoms. The number of thioether (sulfide) groups is 1. The Morgan fingerprint density at radius 3 is 2.50 bits per heavy atom. The molecule has 14 heavy (non-hydrogen) atoms. The van der Waals surface area contributed by atoms with Gasteiger partial charge in [0.2, 0.25) is 0 Å². The Kier molecular flexibility index (Phi) is 5.05. The summed E-state index contributed by atoms with van der Waals surface area (Å²) >= 11 is 1.96. The van der Waals surface area contributed by atoms with E-state index < -0.39 is 0 Å². The van der Waals surface area contributed by atoms with Crippen molar-refractivity contribution in [2.24, 2.45) is 11.7 Å².